The van der Waals surface area contributed by atoms with Crippen LogP contribution < -0.4 is 5.32 Å². The first-order valence-electron chi connectivity index (χ1n) is 8.62. The minimum absolute atomic E-state index is 0.00442. The van der Waals surface area contributed by atoms with Gasteiger partial charge in [0.1, 0.15) is 0 Å². The van der Waals surface area contributed by atoms with Crippen molar-refractivity contribution in [3.05, 3.63) is 65.5 Å². The van der Waals surface area contributed by atoms with Gasteiger partial charge in [0, 0.05) is 37.9 Å². The minimum Gasteiger partial charge on any atom is -0.337 e. The number of nitrogens with zero attached hydrogens (tertiary/aromatic N) is 2. The third-order valence-corrected chi connectivity index (χ3v) is 4.38. The first-order valence-corrected chi connectivity index (χ1v) is 8.62. The van der Waals surface area contributed by atoms with Crippen molar-refractivity contribution < 1.29 is 4.79 Å². The third-order valence-electron chi connectivity index (χ3n) is 4.38. The summed E-state index contributed by atoms with van der Waals surface area (Å²) >= 11 is 0. The molecule has 24 heavy (non-hydrogen) atoms. The van der Waals surface area contributed by atoms with E-state index in [9.17, 15) is 4.79 Å². The lowest BCUT2D eigenvalue weighted by Gasteiger charge is -2.24. The molecule has 1 unspecified atom stereocenters. The molecule has 0 aliphatic rings. The van der Waals surface area contributed by atoms with E-state index < -0.39 is 0 Å². The van der Waals surface area contributed by atoms with E-state index in [-0.39, 0.29) is 11.9 Å². The van der Waals surface area contributed by atoms with Crippen molar-refractivity contribution >= 4 is 6.03 Å². The molecule has 0 fully saturated rings. The largest absolute Gasteiger partial charge is 0.337 e. The van der Waals surface area contributed by atoms with Gasteiger partial charge in [0.15, 0.2) is 0 Å². The summed E-state index contributed by atoms with van der Waals surface area (Å²) in [6, 6.07) is 12.4. The SMILES string of the molecule is CCN(CC)C(=O)NCC(Cc1cccnc1)c1ccccc1C. The second kappa shape index (κ2) is 9.06. The molecule has 0 radical (unpaired) electrons. The summed E-state index contributed by atoms with van der Waals surface area (Å²) in [5, 5.41) is 3.10. The molecule has 0 aliphatic carbocycles. The average molecular weight is 325 g/mol. The normalized spacial score (nSPS) is 11.8. The van der Waals surface area contributed by atoms with Crippen molar-refractivity contribution in [3.8, 4) is 0 Å². The van der Waals surface area contributed by atoms with Gasteiger partial charge in [-0.3, -0.25) is 4.98 Å². The molecule has 0 saturated carbocycles. The van der Waals surface area contributed by atoms with Gasteiger partial charge in [0.05, 0.1) is 0 Å². The predicted molar refractivity (Wildman–Crippen MR) is 98.2 cm³/mol. The van der Waals surface area contributed by atoms with E-state index >= 15 is 0 Å². The molecule has 128 valence electrons. The number of carbonyl (C=O) groups is 1. The molecule has 1 aromatic heterocycles. The van der Waals surface area contributed by atoms with Crippen molar-refractivity contribution in [2.45, 2.75) is 33.1 Å². The second-order valence-electron chi connectivity index (χ2n) is 5.98. The predicted octanol–water partition coefficient (Wildman–Crippen LogP) is 3.77. The number of carbonyl (C=O) groups excluding carboxylic acids is 1. The molecule has 1 aromatic carbocycles. The van der Waals surface area contributed by atoms with E-state index in [1.54, 1.807) is 11.1 Å². The Morgan fingerprint density at radius 3 is 2.54 bits per heavy atom. The molecule has 0 saturated heterocycles. The van der Waals surface area contributed by atoms with E-state index in [4.69, 9.17) is 0 Å². The van der Waals surface area contributed by atoms with Crippen molar-refractivity contribution in [2.24, 2.45) is 0 Å². The van der Waals surface area contributed by atoms with Crippen LogP contribution in [0, 0.1) is 6.92 Å². The summed E-state index contributed by atoms with van der Waals surface area (Å²) in [6.45, 7) is 8.18. The van der Waals surface area contributed by atoms with E-state index in [0.717, 1.165) is 19.5 Å². The lowest BCUT2D eigenvalue weighted by Crippen LogP contribution is -2.41. The van der Waals surface area contributed by atoms with Crippen LogP contribution in [0.4, 0.5) is 4.79 Å². The molecule has 0 spiro atoms. The monoisotopic (exact) mass is 325 g/mol. The highest BCUT2D eigenvalue weighted by Gasteiger charge is 2.17. The summed E-state index contributed by atoms with van der Waals surface area (Å²) < 4.78 is 0. The number of pyridine rings is 1. The molecule has 2 aromatic rings. The van der Waals surface area contributed by atoms with Crippen LogP contribution in [0.1, 0.15) is 36.5 Å². The van der Waals surface area contributed by atoms with E-state index in [1.165, 1.54) is 16.7 Å². The number of hydrogen-bond donors (Lipinski definition) is 1. The number of rotatable bonds is 7. The zero-order valence-corrected chi connectivity index (χ0v) is 14.8. The molecular weight excluding hydrogens is 298 g/mol. The van der Waals surface area contributed by atoms with Gasteiger partial charge in [0.2, 0.25) is 0 Å². The van der Waals surface area contributed by atoms with Gasteiger partial charge >= 0.3 is 6.03 Å². The maximum atomic E-state index is 12.3. The Labute approximate surface area is 144 Å². The maximum Gasteiger partial charge on any atom is 0.317 e. The van der Waals surface area contributed by atoms with Crippen LogP contribution in [0.15, 0.2) is 48.8 Å². The number of aryl methyl sites for hydroxylation is 1. The summed E-state index contributed by atoms with van der Waals surface area (Å²) in [6.07, 6.45) is 4.54. The van der Waals surface area contributed by atoms with Crippen LogP contribution in [-0.2, 0) is 6.42 Å². The van der Waals surface area contributed by atoms with E-state index in [1.807, 2.05) is 26.1 Å². The highest BCUT2D eigenvalue weighted by molar-refractivity contribution is 5.74. The van der Waals surface area contributed by atoms with Crippen molar-refractivity contribution in [1.29, 1.82) is 0 Å². The molecule has 1 N–H and O–H groups in total. The fourth-order valence-corrected chi connectivity index (χ4v) is 2.97. The first kappa shape index (κ1) is 18.0. The van der Waals surface area contributed by atoms with Crippen LogP contribution in [0.25, 0.3) is 0 Å². The van der Waals surface area contributed by atoms with E-state index in [2.05, 4.69) is 47.6 Å². The Balaban J connectivity index is 2.14. The van der Waals surface area contributed by atoms with Crippen LogP contribution >= 0.6 is 0 Å². The number of amides is 2. The molecule has 1 atom stereocenters. The highest BCUT2D eigenvalue weighted by Crippen LogP contribution is 2.23. The van der Waals surface area contributed by atoms with Crippen LogP contribution in [-0.4, -0.2) is 35.5 Å². The van der Waals surface area contributed by atoms with Crippen LogP contribution in [0.3, 0.4) is 0 Å². The molecule has 0 aliphatic heterocycles. The Morgan fingerprint density at radius 2 is 1.92 bits per heavy atom. The Kier molecular flexibility index (Phi) is 6.79. The Morgan fingerprint density at radius 1 is 1.17 bits per heavy atom. The Hall–Kier alpha value is -2.36. The molecule has 0 bridgehead atoms. The zero-order valence-electron chi connectivity index (χ0n) is 14.8. The second-order valence-corrected chi connectivity index (χ2v) is 5.98. The number of nitrogens with one attached hydrogen (secondary N) is 1. The van der Waals surface area contributed by atoms with Crippen LogP contribution in [0.2, 0.25) is 0 Å². The van der Waals surface area contributed by atoms with Gasteiger partial charge in [-0.2, -0.15) is 0 Å². The van der Waals surface area contributed by atoms with Gasteiger partial charge in [-0.25, -0.2) is 4.79 Å². The quantitative estimate of drug-likeness (QED) is 0.842. The molecule has 4 heteroatoms. The molecule has 2 rings (SSSR count). The maximum absolute atomic E-state index is 12.3. The first-order chi connectivity index (χ1) is 11.7. The van der Waals surface area contributed by atoms with Crippen molar-refractivity contribution in [2.75, 3.05) is 19.6 Å². The lowest BCUT2D eigenvalue weighted by atomic mass is 9.89. The molecule has 4 nitrogen and oxygen atoms in total. The number of urea groups is 1. The number of hydrogen-bond acceptors (Lipinski definition) is 2. The topological polar surface area (TPSA) is 45.2 Å². The van der Waals surface area contributed by atoms with Crippen molar-refractivity contribution in [1.82, 2.24) is 15.2 Å². The average Bonchev–Trinajstić information content (AvgIpc) is 2.61. The summed E-state index contributed by atoms with van der Waals surface area (Å²) in [5.41, 5.74) is 3.72. The molecule has 1 heterocycles. The summed E-state index contributed by atoms with van der Waals surface area (Å²) in [5.74, 6) is 0.231. The standard InChI is InChI=1S/C20H27N3O/c1-4-23(5-2)20(24)22-15-18(13-17-10-8-12-21-14-17)19-11-7-6-9-16(19)3/h6-12,14,18H,4-5,13,15H2,1-3H3,(H,22,24). The fraction of sp³-hybridized carbons (Fsp3) is 0.400. The smallest absolute Gasteiger partial charge is 0.317 e. The molecule has 2 amide bonds. The zero-order chi connectivity index (χ0) is 17.4. The van der Waals surface area contributed by atoms with Gasteiger partial charge in [-0.15, -0.1) is 0 Å². The van der Waals surface area contributed by atoms with Gasteiger partial charge in [0.25, 0.3) is 0 Å². The highest BCUT2D eigenvalue weighted by atomic mass is 16.2. The summed E-state index contributed by atoms with van der Waals surface area (Å²) in [7, 11) is 0. The van der Waals surface area contributed by atoms with Crippen LogP contribution in [0.5, 0.6) is 0 Å². The Bertz CT molecular complexity index is 638. The van der Waals surface area contributed by atoms with Gasteiger partial charge in [-0.1, -0.05) is 30.3 Å². The number of aromatic nitrogens is 1. The third kappa shape index (κ3) is 4.82. The lowest BCUT2D eigenvalue weighted by molar-refractivity contribution is 0.202. The fourth-order valence-electron chi connectivity index (χ4n) is 2.97. The minimum atomic E-state index is 0.00442. The number of benzene rings is 1. The van der Waals surface area contributed by atoms with Gasteiger partial charge < -0.3 is 10.2 Å². The van der Waals surface area contributed by atoms with Gasteiger partial charge in [-0.05, 0) is 49.9 Å². The van der Waals surface area contributed by atoms with Crippen molar-refractivity contribution in [3.63, 3.8) is 0 Å². The van der Waals surface area contributed by atoms with E-state index in [0.29, 0.717) is 6.54 Å². The molecular formula is C20H27N3O. The summed E-state index contributed by atoms with van der Waals surface area (Å²) in [4.78, 5) is 18.3.